The number of carbonyl (C=O) groups is 1. The van der Waals surface area contributed by atoms with Crippen molar-refractivity contribution in [2.24, 2.45) is 0 Å². The van der Waals surface area contributed by atoms with Crippen LogP contribution in [0, 0.1) is 0 Å². The van der Waals surface area contributed by atoms with E-state index in [1.54, 1.807) is 6.20 Å². The van der Waals surface area contributed by atoms with Crippen LogP contribution >= 0.6 is 0 Å². The Morgan fingerprint density at radius 2 is 1.92 bits per heavy atom. The fourth-order valence-electron chi connectivity index (χ4n) is 2.46. The molecular weight excluding hydrogens is 309 g/mol. The first kappa shape index (κ1) is 16.5. The zero-order chi connectivity index (χ0) is 17.5. The first-order valence-electron chi connectivity index (χ1n) is 7.69. The lowest BCUT2D eigenvalue weighted by Gasteiger charge is -2.32. The second-order valence-electron chi connectivity index (χ2n) is 6.78. The van der Waals surface area contributed by atoms with E-state index in [0.717, 1.165) is 11.0 Å². The van der Waals surface area contributed by atoms with Crippen LogP contribution in [-0.2, 0) is 9.31 Å². The molecule has 3 N–H and O–H groups in total. The summed E-state index contributed by atoms with van der Waals surface area (Å²) in [6.45, 7) is 8.03. The molecule has 2 heterocycles. The molecule has 1 aliphatic heterocycles. The van der Waals surface area contributed by atoms with Gasteiger partial charge in [-0.15, -0.1) is 0 Å². The molecule has 126 valence electrons. The molecule has 0 bridgehead atoms. The van der Waals surface area contributed by atoms with Crippen LogP contribution < -0.4 is 10.8 Å². The summed E-state index contributed by atoms with van der Waals surface area (Å²) in [5, 5.41) is 10.9. The van der Waals surface area contributed by atoms with E-state index in [0.29, 0.717) is 5.69 Å². The number of H-pyrrole nitrogens is 1. The molecule has 0 atom stereocenters. The lowest BCUT2D eigenvalue weighted by Crippen LogP contribution is -2.41. The molecule has 8 heteroatoms. The van der Waals surface area contributed by atoms with E-state index in [1.165, 1.54) is 0 Å². The molecule has 0 radical (unpaired) electrons. The number of benzene rings is 1. The van der Waals surface area contributed by atoms with Crippen molar-refractivity contribution in [3.8, 4) is 11.3 Å². The SMILES string of the molecule is CC1(C)OB(c2cccc(-c3c[nH]c(NC(=O)O)n3)c2)OC1(C)C. The first-order valence-corrected chi connectivity index (χ1v) is 7.69. The Morgan fingerprint density at radius 1 is 1.25 bits per heavy atom. The fraction of sp³-hybridized carbons (Fsp3) is 0.375. The predicted octanol–water partition coefficient (Wildman–Crippen LogP) is 2.47. The van der Waals surface area contributed by atoms with Crippen LogP contribution in [0.25, 0.3) is 11.3 Å². The maximum Gasteiger partial charge on any atom is 0.494 e. The number of aromatic amines is 1. The topological polar surface area (TPSA) is 96.5 Å². The highest BCUT2D eigenvalue weighted by Crippen LogP contribution is 2.36. The number of aromatic nitrogens is 2. The van der Waals surface area contributed by atoms with Crippen LogP contribution in [0.4, 0.5) is 10.7 Å². The monoisotopic (exact) mass is 329 g/mol. The number of anilines is 1. The van der Waals surface area contributed by atoms with Gasteiger partial charge in [0.15, 0.2) is 0 Å². The Balaban J connectivity index is 1.85. The second-order valence-corrected chi connectivity index (χ2v) is 6.78. The van der Waals surface area contributed by atoms with E-state index in [4.69, 9.17) is 14.4 Å². The molecule has 0 aliphatic carbocycles. The van der Waals surface area contributed by atoms with E-state index >= 15 is 0 Å². The molecule has 1 amide bonds. The molecule has 1 fully saturated rings. The van der Waals surface area contributed by atoms with Crippen molar-refractivity contribution in [3.05, 3.63) is 30.5 Å². The summed E-state index contributed by atoms with van der Waals surface area (Å²) >= 11 is 0. The van der Waals surface area contributed by atoms with Crippen LogP contribution in [0.2, 0.25) is 0 Å². The van der Waals surface area contributed by atoms with Crippen molar-refractivity contribution in [2.75, 3.05) is 5.32 Å². The number of nitrogens with one attached hydrogen (secondary N) is 2. The van der Waals surface area contributed by atoms with Crippen LogP contribution in [-0.4, -0.2) is 39.5 Å². The minimum absolute atomic E-state index is 0.179. The number of rotatable bonds is 3. The van der Waals surface area contributed by atoms with Gasteiger partial charge in [0.05, 0.1) is 16.9 Å². The quantitative estimate of drug-likeness (QED) is 0.752. The Kier molecular flexibility index (Phi) is 3.89. The third-order valence-electron chi connectivity index (χ3n) is 4.51. The highest BCUT2D eigenvalue weighted by molar-refractivity contribution is 6.62. The van der Waals surface area contributed by atoms with Gasteiger partial charge in [0, 0.05) is 11.8 Å². The predicted molar refractivity (Wildman–Crippen MR) is 91.4 cm³/mol. The number of nitrogens with zero attached hydrogens (tertiary/aromatic N) is 1. The van der Waals surface area contributed by atoms with Gasteiger partial charge in [-0.05, 0) is 33.2 Å². The number of carboxylic acid groups (broad SMARTS) is 1. The van der Waals surface area contributed by atoms with Crippen LogP contribution in [0.15, 0.2) is 30.5 Å². The minimum Gasteiger partial charge on any atom is -0.465 e. The molecular formula is C16H20BN3O4. The Hall–Kier alpha value is -2.32. The average molecular weight is 329 g/mol. The van der Waals surface area contributed by atoms with Gasteiger partial charge < -0.3 is 19.4 Å². The largest absolute Gasteiger partial charge is 0.494 e. The van der Waals surface area contributed by atoms with Gasteiger partial charge in [-0.2, -0.15) is 0 Å². The van der Waals surface area contributed by atoms with E-state index in [9.17, 15) is 4.79 Å². The van der Waals surface area contributed by atoms with E-state index < -0.39 is 24.4 Å². The van der Waals surface area contributed by atoms with Crippen molar-refractivity contribution in [3.63, 3.8) is 0 Å². The van der Waals surface area contributed by atoms with Crippen LogP contribution in [0.1, 0.15) is 27.7 Å². The minimum atomic E-state index is -1.16. The number of hydrogen-bond donors (Lipinski definition) is 3. The lowest BCUT2D eigenvalue weighted by molar-refractivity contribution is 0.00578. The van der Waals surface area contributed by atoms with Crippen molar-refractivity contribution in [1.29, 1.82) is 0 Å². The van der Waals surface area contributed by atoms with E-state index in [-0.39, 0.29) is 5.95 Å². The molecule has 1 aromatic heterocycles. The zero-order valence-corrected chi connectivity index (χ0v) is 14.1. The third-order valence-corrected chi connectivity index (χ3v) is 4.51. The normalized spacial score (nSPS) is 18.6. The van der Waals surface area contributed by atoms with Crippen molar-refractivity contribution in [2.45, 2.75) is 38.9 Å². The Morgan fingerprint density at radius 3 is 2.54 bits per heavy atom. The zero-order valence-electron chi connectivity index (χ0n) is 14.1. The summed E-state index contributed by atoms with van der Waals surface area (Å²) in [4.78, 5) is 17.7. The maximum atomic E-state index is 10.7. The first-order chi connectivity index (χ1) is 11.2. The maximum absolute atomic E-state index is 10.7. The summed E-state index contributed by atoms with van der Waals surface area (Å²) < 4.78 is 12.1. The van der Waals surface area contributed by atoms with Crippen molar-refractivity contribution >= 4 is 24.6 Å². The van der Waals surface area contributed by atoms with Crippen LogP contribution in [0.3, 0.4) is 0 Å². The smallest absolute Gasteiger partial charge is 0.465 e. The van der Waals surface area contributed by atoms with Gasteiger partial charge in [0.2, 0.25) is 5.95 Å². The summed E-state index contributed by atoms with van der Waals surface area (Å²) in [7, 11) is -0.453. The molecule has 0 spiro atoms. The highest BCUT2D eigenvalue weighted by atomic mass is 16.7. The van der Waals surface area contributed by atoms with Gasteiger partial charge in [-0.25, -0.2) is 9.78 Å². The van der Waals surface area contributed by atoms with E-state index in [1.807, 2.05) is 52.0 Å². The molecule has 3 rings (SSSR count). The van der Waals surface area contributed by atoms with Gasteiger partial charge in [0.25, 0.3) is 0 Å². The molecule has 1 aliphatic rings. The molecule has 24 heavy (non-hydrogen) atoms. The lowest BCUT2D eigenvalue weighted by atomic mass is 9.78. The molecule has 0 saturated carbocycles. The summed E-state index contributed by atoms with van der Waals surface area (Å²) in [5.41, 5.74) is 1.56. The molecule has 1 aromatic carbocycles. The standard InChI is InChI=1S/C16H20BN3O4/c1-15(2)16(3,4)24-17(23-15)11-7-5-6-10(8-11)12-9-18-13(19-12)20-14(21)22/h5-9H,1-4H3,(H,21,22)(H2,18,19,20). The van der Waals surface area contributed by atoms with Gasteiger partial charge in [-0.3, -0.25) is 5.32 Å². The number of imidazole rings is 1. The summed E-state index contributed by atoms with van der Waals surface area (Å²) in [5.74, 6) is 0.179. The molecule has 7 nitrogen and oxygen atoms in total. The number of amides is 1. The average Bonchev–Trinajstić information content (AvgIpc) is 3.01. The van der Waals surface area contributed by atoms with Gasteiger partial charge in [-0.1, -0.05) is 24.3 Å². The fourth-order valence-corrected chi connectivity index (χ4v) is 2.46. The van der Waals surface area contributed by atoms with Gasteiger partial charge >= 0.3 is 13.2 Å². The second kappa shape index (κ2) is 5.64. The molecule has 1 saturated heterocycles. The van der Waals surface area contributed by atoms with Crippen molar-refractivity contribution in [1.82, 2.24) is 9.97 Å². The molecule has 2 aromatic rings. The Bertz CT molecular complexity index is 756. The van der Waals surface area contributed by atoms with Crippen LogP contribution in [0.5, 0.6) is 0 Å². The summed E-state index contributed by atoms with van der Waals surface area (Å²) in [6.07, 6.45) is 0.483. The third kappa shape index (κ3) is 3.02. The Labute approximate surface area is 140 Å². The summed E-state index contributed by atoms with van der Waals surface area (Å²) in [6, 6.07) is 7.67. The molecule has 0 unspecified atom stereocenters. The van der Waals surface area contributed by atoms with Gasteiger partial charge in [0.1, 0.15) is 0 Å². The highest BCUT2D eigenvalue weighted by Gasteiger charge is 2.51. The number of hydrogen-bond acceptors (Lipinski definition) is 4. The van der Waals surface area contributed by atoms with E-state index in [2.05, 4.69) is 15.3 Å². The van der Waals surface area contributed by atoms with Crippen molar-refractivity contribution < 1.29 is 19.2 Å².